The van der Waals surface area contributed by atoms with Crippen LogP contribution in [0.5, 0.6) is 0 Å². The second-order valence-corrected chi connectivity index (χ2v) is 10.0. The van der Waals surface area contributed by atoms with Gasteiger partial charge in [-0.1, -0.05) is 43.1 Å². The van der Waals surface area contributed by atoms with Crippen LogP contribution in [0.1, 0.15) is 60.4 Å². The molecule has 2 aromatic carbocycles. The molecule has 34 heavy (non-hydrogen) atoms. The van der Waals surface area contributed by atoms with Gasteiger partial charge < -0.3 is 20.5 Å². The maximum atomic E-state index is 13.1. The van der Waals surface area contributed by atoms with Crippen molar-refractivity contribution in [3.8, 4) is 0 Å². The molecule has 0 aliphatic carbocycles. The van der Waals surface area contributed by atoms with Crippen molar-refractivity contribution < 1.29 is 4.79 Å². The van der Waals surface area contributed by atoms with Crippen LogP contribution in [0.15, 0.2) is 24.3 Å². The van der Waals surface area contributed by atoms with E-state index in [9.17, 15) is 4.79 Å². The van der Waals surface area contributed by atoms with Crippen molar-refractivity contribution in [3.05, 3.63) is 56.8 Å². The molecule has 1 aromatic heterocycles. The monoisotopic (exact) mass is 501 g/mol. The van der Waals surface area contributed by atoms with E-state index in [1.165, 1.54) is 0 Å². The van der Waals surface area contributed by atoms with E-state index >= 15 is 0 Å². The number of nitrogens with two attached hydrogens (primary N) is 1. The number of aryl methyl sites for hydroxylation is 1. The number of imidazole rings is 1. The standard InChI is InChI=1S/C26H33Cl2N5O/c1-4-9-30-26(34)19-12-21-23(14-22(19)33-10-7-16(2)8-11-33)32(3)24(31-21)13-18-20(27)6-5-17(15-29)25(18)28/h5-6,12,14,16H,4,7-11,13,15,29H2,1-3H3,(H,30,34). The number of hydrogen-bond donors (Lipinski definition) is 2. The van der Waals surface area contributed by atoms with E-state index in [-0.39, 0.29) is 5.91 Å². The lowest BCUT2D eigenvalue weighted by Gasteiger charge is -2.33. The lowest BCUT2D eigenvalue weighted by molar-refractivity contribution is 0.0954. The Bertz CT molecular complexity index is 1200. The smallest absolute Gasteiger partial charge is 0.253 e. The zero-order valence-corrected chi connectivity index (χ0v) is 21.6. The number of carbonyl (C=O) groups is 1. The number of nitrogens with one attached hydrogen (secondary N) is 1. The average molecular weight is 502 g/mol. The van der Waals surface area contributed by atoms with E-state index in [2.05, 4.69) is 34.7 Å². The molecule has 3 aromatic rings. The zero-order valence-electron chi connectivity index (χ0n) is 20.1. The van der Waals surface area contributed by atoms with Gasteiger partial charge in [0, 0.05) is 44.7 Å². The van der Waals surface area contributed by atoms with Crippen LogP contribution in [-0.4, -0.2) is 35.1 Å². The fraction of sp³-hybridized carbons (Fsp3) is 0.462. The quantitative estimate of drug-likeness (QED) is 0.460. The van der Waals surface area contributed by atoms with Crippen molar-refractivity contribution in [1.82, 2.24) is 14.9 Å². The van der Waals surface area contributed by atoms with E-state index in [0.29, 0.717) is 41.0 Å². The lowest BCUT2D eigenvalue weighted by atomic mass is 9.97. The van der Waals surface area contributed by atoms with Crippen molar-refractivity contribution in [3.63, 3.8) is 0 Å². The summed E-state index contributed by atoms with van der Waals surface area (Å²) in [5.74, 6) is 1.49. The molecule has 1 aliphatic heterocycles. The highest BCUT2D eigenvalue weighted by molar-refractivity contribution is 6.36. The fourth-order valence-corrected chi connectivity index (χ4v) is 5.17. The minimum Gasteiger partial charge on any atom is -0.371 e. The maximum absolute atomic E-state index is 13.1. The molecule has 0 saturated carbocycles. The molecule has 2 heterocycles. The zero-order chi connectivity index (χ0) is 24.4. The number of hydrogen-bond acceptors (Lipinski definition) is 4. The summed E-state index contributed by atoms with van der Waals surface area (Å²) >= 11 is 13.1. The Hall–Kier alpha value is -2.28. The summed E-state index contributed by atoms with van der Waals surface area (Å²) in [6.07, 6.45) is 3.62. The molecule has 3 N–H and O–H groups in total. The van der Waals surface area contributed by atoms with Crippen LogP contribution in [-0.2, 0) is 20.0 Å². The third kappa shape index (κ3) is 4.90. The molecule has 4 rings (SSSR count). The topological polar surface area (TPSA) is 76.2 Å². The molecule has 0 bridgehead atoms. The number of fused-ring (bicyclic) bond motifs is 1. The van der Waals surface area contributed by atoms with Crippen molar-refractivity contribution in [2.45, 2.75) is 46.1 Å². The van der Waals surface area contributed by atoms with E-state index < -0.39 is 0 Å². The number of amides is 1. The van der Waals surface area contributed by atoms with Crippen molar-refractivity contribution in [1.29, 1.82) is 0 Å². The first-order chi connectivity index (χ1) is 16.3. The predicted molar refractivity (Wildman–Crippen MR) is 141 cm³/mol. The number of carbonyl (C=O) groups excluding carboxylic acids is 1. The van der Waals surface area contributed by atoms with Gasteiger partial charge in [-0.25, -0.2) is 4.98 Å². The number of nitrogens with zero attached hydrogens (tertiary/aromatic N) is 3. The van der Waals surface area contributed by atoms with Gasteiger partial charge in [-0.05, 0) is 54.5 Å². The second kappa shape index (κ2) is 10.5. The number of aromatic nitrogens is 2. The Morgan fingerprint density at radius 3 is 2.65 bits per heavy atom. The third-order valence-electron chi connectivity index (χ3n) is 6.82. The Labute approximate surface area is 211 Å². The first-order valence-corrected chi connectivity index (χ1v) is 12.8. The molecule has 0 radical (unpaired) electrons. The predicted octanol–water partition coefficient (Wildman–Crippen LogP) is 5.31. The van der Waals surface area contributed by atoms with Gasteiger partial charge in [-0.3, -0.25) is 4.79 Å². The molecule has 1 amide bonds. The summed E-state index contributed by atoms with van der Waals surface area (Å²) in [4.78, 5) is 20.3. The molecule has 182 valence electrons. The number of halogens is 2. The summed E-state index contributed by atoms with van der Waals surface area (Å²) in [5, 5.41) is 4.23. The van der Waals surface area contributed by atoms with Crippen LogP contribution in [0.25, 0.3) is 11.0 Å². The van der Waals surface area contributed by atoms with Crippen molar-refractivity contribution in [2.75, 3.05) is 24.5 Å². The molecular formula is C26H33Cl2N5O. The van der Waals surface area contributed by atoms with Gasteiger partial charge in [0.2, 0.25) is 0 Å². The fourth-order valence-electron chi connectivity index (χ4n) is 4.59. The molecule has 1 saturated heterocycles. The van der Waals surface area contributed by atoms with E-state index in [4.69, 9.17) is 33.9 Å². The Morgan fingerprint density at radius 1 is 1.24 bits per heavy atom. The number of anilines is 1. The van der Waals surface area contributed by atoms with Crippen LogP contribution in [0, 0.1) is 5.92 Å². The van der Waals surface area contributed by atoms with E-state index in [1.54, 1.807) is 0 Å². The largest absolute Gasteiger partial charge is 0.371 e. The van der Waals surface area contributed by atoms with Crippen LogP contribution in [0.2, 0.25) is 10.0 Å². The van der Waals surface area contributed by atoms with Crippen LogP contribution in [0.4, 0.5) is 5.69 Å². The van der Waals surface area contributed by atoms with Gasteiger partial charge in [0.05, 0.1) is 27.3 Å². The lowest BCUT2D eigenvalue weighted by Crippen LogP contribution is -2.35. The third-order valence-corrected chi connectivity index (χ3v) is 7.64. The van der Waals surface area contributed by atoms with Gasteiger partial charge in [-0.2, -0.15) is 0 Å². The van der Waals surface area contributed by atoms with Gasteiger partial charge in [-0.15, -0.1) is 0 Å². The van der Waals surface area contributed by atoms with E-state index in [0.717, 1.165) is 66.0 Å². The van der Waals surface area contributed by atoms with Gasteiger partial charge >= 0.3 is 0 Å². The molecule has 0 spiro atoms. The number of rotatable bonds is 7. The van der Waals surface area contributed by atoms with Crippen LogP contribution < -0.4 is 16.0 Å². The molecule has 1 aliphatic rings. The molecular weight excluding hydrogens is 469 g/mol. The van der Waals surface area contributed by atoms with Crippen molar-refractivity contribution >= 4 is 45.8 Å². The molecule has 6 nitrogen and oxygen atoms in total. The minimum atomic E-state index is -0.0497. The second-order valence-electron chi connectivity index (χ2n) is 9.25. The average Bonchev–Trinajstić information content (AvgIpc) is 3.14. The number of benzene rings is 2. The molecule has 8 heteroatoms. The summed E-state index contributed by atoms with van der Waals surface area (Å²) in [6, 6.07) is 7.73. The Morgan fingerprint density at radius 2 is 1.97 bits per heavy atom. The Balaban J connectivity index is 1.78. The first-order valence-electron chi connectivity index (χ1n) is 12.0. The minimum absolute atomic E-state index is 0.0497. The Kier molecular flexibility index (Phi) is 7.70. The molecule has 1 fully saturated rings. The molecule has 0 unspecified atom stereocenters. The maximum Gasteiger partial charge on any atom is 0.253 e. The van der Waals surface area contributed by atoms with Gasteiger partial charge in [0.15, 0.2) is 0 Å². The van der Waals surface area contributed by atoms with E-state index in [1.807, 2.05) is 25.2 Å². The highest BCUT2D eigenvalue weighted by atomic mass is 35.5. The van der Waals surface area contributed by atoms with Gasteiger partial charge in [0.25, 0.3) is 5.91 Å². The number of piperidine rings is 1. The normalized spacial score (nSPS) is 14.7. The molecule has 0 atom stereocenters. The van der Waals surface area contributed by atoms with Crippen LogP contribution >= 0.6 is 23.2 Å². The highest BCUT2D eigenvalue weighted by Gasteiger charge is 2.24. The van der Waals surface area contributed by atoms with Crippen LogP contribution in [0.3, 0.4) is 0 Å². The SMILES string of the molecule is CCCNC(=O)c1cc2nc(Cc3c(Cl)ccc(CN)c3Cl)n(C)c2cc1N1CCC(C)CC1. The summed E-state index contributed by atoms with van der Waals surface area (Å²) < 4.78 is 2.07. The summed E-state index contributed by atoms with van der Waals surface area (Å²) in [6.45, 7) is 7.23. The highest BCUT2D eigenvalue weighted by Crippen LogP contribution is 2.33. The summed E-state index contributed by atoms with van der Waals surface area (Å²) in [5.41, 5.74) is 10.9. The van der Waals surface area contributed by atoms with Gasteiger partial charge in [0.1, 0.15) is 5.82 Å². The summed E-state index contributed by atoms with van der Waals surface area (Å²) in [7, 11) is 2.00. The van der Waals surface area contributed by atoms with Crippen molar-refractivity contribution in [2.24, 2.45) is 18.7 Å². The first kappa shape index (κ1) is 24.8.